The number of hydroxylamine groups is 1. The molecule has 0 radical (unpaired) electrons. The first kappa shape index (κ1) is 8.55. The van der Waals surface area contributed by atoms with Crippen LogP contribution in [0.2, 0.25) is 0 Å². The molecule has 1 aromatic carbocycles. The van der Waals surface area contributed by atoms with E-state index in [1.165, 1.54) is 0 Å². The predicted molar refractivity (Wildman–Crippen MR) is 47.6 cm³/mol. The van der Waals surface area contributed by atoms with Gasteiger partial charge in [-0.15, -0.1) is 0 Å². The van der Waals surface area contributed by atoms with E-state index in [2.05, 4.69) is 0 Å². The van der Waals surface area contributed by atoms with Crippen LogP contribution in [0.5, 0.6) is 0 Å². The number of nitrogens with zero attached hydrogens (tertiary/aromatic N) is 1. The Kier molecular flexibility index (Phi) is 1.99. The van der Waals surface area contributed by atoms with Gasteiger partial charge in [-0.05, 0) is 12.1 Å². The summed E-state index contributed by atoms with van der Waals surface area (Å²) < 4.78 is 0. The van der Waals surface area contributed by atoms with Crippen LogP contribution in [0.3, 0.4) is 0 Å². The molecule has 4 nitrogen and oxygen atoms in total. The van der Waals surface area contributed by atoms with E-state index in [0.29, 0.717) is 15.6 Å². The molecular weight excluding hydrogens is 190 g/mol. The number of hydrogen-bond donors (Lipinski definition) is 2. The molecule has 0 aromatic heterocycles. The lowest BCUT2D eigenvalue weighted by molar-refractivity contribution is -0.128. The van der Waals surface area contributed by atoms with E-state index in [1.807, 2.05) is 0 Å². The van der Waals surface area contributed by atoms with E-state index < -0.39 is 11.3 Å². The maximum atomic E-state index is 11.1. The van der Waals surface area contributed by atoms with Crippen molar-refractivity contribution in [1.29, 1.82) is 0 Å². The second-order valence-corrected chi connectivity index (χ2v) is 3.71. The van der Waals surface area contributed by atoms with Crippen LogP contribution in [-0.4, -0.2) is 21.7 Å². The molecule has 13 heavy (non-hydrogen) atoms. The summed E-state index contributed by atoms with van der Waals surface area (Å²) in [5.41, 5.74) is -0.789. The molecule has 0 saturated carbocycles. The number of anilines is 1. The standard InChI is InChI=1S/C8H7NO3S/c10-7-8(11)13-6-4-2-1-3-5(6)9(7)12/h1-4,8,11-12H. The first-order chi connectivity index (χ1) is 6.20. The first-order valence-electron chi connectivity index (χ1n) is 3.67. The number of carbonyl (C=O) groups is 1. The highest BCUT2D eigenvalue weighted by Crippen LogP contribution is 2.36. The summed E-state index contributed by atoms with van der Waals surface area (Å²) >= 11 is 1.03. The summed E-state index contributed by atoms with van der Waals surface area (Å²) in [6, 6.07) is 6.85. The highest BCUT2D eigenvalue weighted by molar-refractivity contribution is 8.00. The largest absolute Gasteiger partial charge is 0.373 e. The summed E-state index contributed by atoms with van der Waals surface area (Å²) in [4.78, 5) is 11.8. The van der Waals surface area contributed by atoms with Crippen LogP contribution >= 0.6 is 11.8 Å². The van der Waals surface area contributed by atoms with Crippen molar-refractivity contribution in [3.05, 3.63) is 24.3 Å². The molecule has 1 unspecified atom stereocenters. The highest BCUT2D eigenvalue weighted by atomic mass is 32.2. The van der Waals surface area contributed by atoms with Crippen molar-refractivity contribution >= 4 is 23.4 Å². The van der Waals surface area contributed by atoms with E-state index in [-0.39, 0.29) is 0 Å². The van der Waals surface area contributed by atoms with Crippen molar-refractivity contribution in [3.63, 3.8) is 0 Å². The summed E-state index contributed by atoms with van der Waals surface area (Å²) in [5, 5.41) is 19.0. The Morgan fingerprint density at radius 3 is 2.85 bits per heavy atom. The molecule has 1 heterocycles. The molecule has 0 aliphatic carbocycles. The Morgan fingerprint density at radius 2 is 2.08 bits per heavy atom. The lowest BCUT2D eigenvalue weighted by atomic mass is 10.3. The number of para-hydroxylation sites is 1. The van der Waals surface area contributed by atoms with Gasteiger partial charge in [-0.1, -0.05) is 23.9 Å². The van der Waals surface area contributed by atoms with Gasteiger partial charge in [-0.25, -0.2) is 0 Å². The fourth-order valence-electron chi connectivity index (χ4n) is 1.13. The molecule has 2 N–H and O–H groups in total. The lowest BCUT2D eigenvalue weighted by Crippen LogP contribution is -2.38. The van der Waals surface area contributed by atoms with Gasteiger partial charge in [0, 0.05) is 4.90 Å². The lowest BCUT2D eigenvalue weighted by Gasteiger charge is -2.25. The number of benzene rings is 1. The number of thioether (sulfide) groups is 1. The van der Waals surface area contributed by atoms with Crippen molar-refractivity contribution in [2.75, 3.05) is 5.06 Å². The van der Waals surface area contributed by atoms with Crippen LogP contribution in [0, 0.1) is 0 Å². The number of amides is 1. The Bertz CT molecular complexity index is 355. The minimum absolute atomic E-state index is 0.419. The SMILES string of the molecule is O=C1C(O)Sc2ccccc2N1O. The van der Waals surface area contributed by atoms with Gasteiger partial charge in [-0.3, -0.25) is 10.0 Å². The molecule has 1 aliphatic heterocycles. The maximum Gasteiger partial charge on any atom is 0.290 e. The van der Waals surface area contributed by atoms with E-state index in [9.17, 15) is 15.1 Å². The fraction of sp³-hybridized carbons (Fsp3) is 0.125. The van der Waals surface area contributed by atoms with Crippen LogP contribution in [0.4, 0.5) is 5.69 Å². The maximum absolute atomic E-state index is 11.1. The van der Waals surface area contributed by atoms with Crippen molar-refractivity contribution in [2.45, 2.75) is 10.3 Å². The number of aliphatic hydroxyl groups excluding tert-OH is 1. The molecule has 0 bridgehead atoms. The summed E-state index contributed by atoms with van der Waals surface area (Å²) in [6.07, 6.45) is 0. The van der Waals surface area contributed by atoms with E-state index >= 15 is 0 Å². The van der Waals surface area contributed by atoms with Crippen LogP contribution in [-0.2, 0) is 4.79 Å². The number of hydrogen-bond acceptors (Lipinski definition) is 4. The Hall–Kier alpha value is -1.04. The number of fused-ring (bicyclic) bond motifs is 1. The van der Waals surface area contributed by atoms with Crippen molar-refractivity contribution in [2.24, 2.45) is 0 Å². The molecular formula is C8H7NO3S. The average molecular weight is 197 g/mol. The molecule has 68 valence electrons. The second kappa shape index (κ2) is 3.02. The molecule has 1 amide bonds. The van der Waals surface area contributed by atoms with E-state index in [1.54, 1.807) is 24.3 Å². The second-order valence-electron chi connectivity index (χ2n) is 2.59. The molecule has 0 saturated heterocycles. The van der Waals surface area contributed by atoms with Gasteiger partial charge >= 0.3 is 0 Å². The summed E-state index contributed by atoms with van der Waals surface area (Å²) in [6.45, 7) is 0. The van der Waals surface area contributed by atoms with Crippen LogP contribution in [0.25, 0.3) is 0 Å². The summed E-state index contributed by atoms with van der Waals surface area (Å²) in [5.74, 6) is -0.705. The normalized spacial score (nSPS) is 21.5. The van der Waals surface area contributed by atoms with Crippen molar-refractivity contribution in [1.82, 2.24) is 0 Å². The zero-order chi connectivity index (χ0) is 9.42. The number of carbonyl (C=O) groups excluding carboxylic acids is 1. The van der Waals surface area contributed by atoms with Gasteiger partial charge in [0.1, 0.15) is 0 Å². The fourth-order valence-corrected chi connectivity index (χ4v) is 2.00. The molecule has 1 atom stereocenters. The predicted octanol–water partition coefficient (Wildman–Crippen LogP) is 0.833. The van der Waals surface area contributed by atoms with Crippen LogP contribution in [0.15, 0.2) is 29.2 Å². The summed E-state index contributed by atoms with van der Waals surface area (Å²) in [7, 11) is 0. The zero-order valence-corrected chi connectivity index (χ0v) is 7.36. The number of rotatable bonds is 0. The van der Waals surface area contributed by atoms with Crippen molar-refractivity contribution < 1.29 is 15.1 Å². The van der Waals surface area contributed by atoms with Crippen LogP contribution in [0.1, 0.15) is 0 Å². The molecule has 1 aromatic rings. The molecule has 5 heteroatoms. The minimum Gasteiger partial charge on any atom is -0.373 e. The van der Waals surface area contributed by atoms with Gasteiger partial charge in [0.25, 0.3) is 5.91 Å². The Labute approximate surface area is 78.7 Å². The highest BCUT2D eigenvalue weighted by Gasteiger charge is 2.30. The Balaban J connectivity index is 2.49. The third kappa shape index (κ3) is 1.31. The topological polar surface area (TPSA) is 60.8 Å². The minimum atomic E-state index is -1.21. The third-order valence-corrected chi connectivity index (χ3v) is 2.78. The molecule has 0 fully saturated rings. The van der Waals surface area contributed by atoms with E-state index in [0.717, 1.165) is 11.8 Å². The van der Waals surface area contributed by atoms with Gasteiger partial charge < -0.3 is 5.11 Å². The smallest absolute Gasteiger partial charge is 0.290 e. The monoisotopic (exact) mass is 197 g/mol. The first-order valence-corrected chi connectivity index (χ1v) is 4.55. The van der Waals surface area contributed by atoms with E-state index in [4.69, 9.17) is 0 Å². The molecule has 2 rings (SSSR count). The Morgan fingerprint density at radius 1 is 1.38 bits per heavy atom. The molecule has 1 aliphatic rings. The van der Waals surface area contributed by atoms with Gasteiger partial charge in [0.05, 0.1) is 5.69 Å². The third-order valence-electron chi connectivity index (χ3n) is 1.75. The van der Waals surface area contributed by atoms with Crippen molar-refractivity contribution in [3.8, 4) is 0 Å². The average Bonchev–Trinajstić information content (AvgIpc) is 2.15. The van der Waals surface area contributed by atoms with Gasteiger partial charge in [-0.2, -0.15) is 5.06 Å². The zero-order valence-electron chi connectivity index (χ0n) is 6.54. The number of aliphatic hydroxyl groups is 1. The van der Waals surface area contributed by atoms with Gasteiger partial charge in [0.2, 0.25) is 0 Å². The quantitative estimate of drug-likeness (QED) is 0.605. The molecule has 0 spiro atoms. The van der Waals surface area contributed by atoms with Gasteiger partial charge in [0.15, 0.2) is 5.44 Å². The van der Waals surface area contributed by atoms with Crippen LogP contribution < -0.4 is 5.06 Å².